The molecule has 0 unspecified atom stereocenters. The number of nitrogen functional groups attached to an aromatic ring is 1. The lowest BCUT2D eigenvalue weighted by atomic mass is 10.1. The van der Waals surface area contributed by atoms with Crippen molar-refractivity contribution in [1.29, 1.82) is 0 Å². The number of rotatable bonds is 3. The highest BCUT2D eigenvalue weighted by Crippen LogP contribution is 2.32. The minimum atomic E-state index is -0.557. The van der Waals surface area contributed by atoms with Gasteiger partial charge in [0, 0.05) is 29.3 Å². The summed E-state index contributed by atoms with van der Waals surface area (Å²) >= 11 is 0. The molecule has 0 spiro atoms. The van der Waals surface area contributed by atoms with Gasteiger partial charge < -0.3 is 10.3 Å². The van der Waals surface area contributed by atoms with E-state index in [-0.39, 0.29) is 5.95 Å². The molecule has 8 nitrogen and oxygen atoms in total. The second-order valence-electron chi connectivity index (χ2n) is 6.26. The average Bonchev–Trinajstić information content (AvgIpc) is 3.29. The molecule has 0 bridgehead atoms. The summed E-state index contributed by atoms with van der Waals surface area (Å²) in [5, 5.41) is 4.99. The molecule has 0 aliphatic rings. The quantitative estimate of drug-likeness (QED) is 0.487. The number of nitrogens with zero attached hydrogens (tertiary/aromatic N) is 7. The summed E-state index contributed by atoms with van der Waals surface area (Å²) in [6.45, 7) is 2.54. The Morgan fingerprint density at radius 1 is 1.07 bits per heavy atom. The van der Waals surface area contributed by atoms with Gasteiger partial charge in [0.15, 0.2) is 0 Å². The Kier molecular flexibility index (Phi) is 3.54. The van der Waals surface area contributed by atoms with Crippen molar-refractivity contribution in [2.24, 2.45) is 0 Å². The minimum Gasteiger partial charge on any atom is -0.368 e. The van der Waals surface area contributed by atoms with Gasteiger partial charge in [0.25, 0.3) is 0 Å². The Bertz CT molecular complexity index is 1340. The molecule has 0 amide bonds. The van der Waals surface area contributed by atoms with E-state index in [0.717, 1.165) is 10.9 Å². The monoisotopic (exact) mass is 374 g/mol. The highest BCUT2D eigenvalue weighted by molar-refractivity contribution is 5.95. The second kappa shape index (κ2) is 6.08. The van der Waals surface area contributed by atoms with Gasteiger partial charge in [-0.1, -0.05) is 18.2 Å². The van der Waals surface area contributed by atoms with Crippen molar-refractivity contribution in [3.05, 3.63) is 55.0 Å². The van der Waals surface area contributed by atoms with E-state index >= 15 is 0 Å². The molecule has 0 saturated carbocycles. The molecule has 0 saturated heterocycles. The molecule has 0 aliphatic carbocycles. The minimum absolute atomic E-state index is 0.220. The molecular formula is C19H15FN8. The molecule has 4 heterocycles. The molecule has 4 aromatic heterocycles. The van der Waals surface area contributed by atoms with Crippen LogP contribution >= 0.6 is 0 Å². The maximum atomic E-state index is 14.9. The Balaban J connectivity index is 1.83. The summed E-state index contributed by atoms with van der Waals surface area (Å²) in [5.74, 6) is 0.160. The van der Waals surface area contributed by atoms with Gasteiger partial charge in [-0.2, -0.15) is 19.2 Å². The van der Waals surface area contributed by atoms with Crippen LogP contribution in [0.5, 0.6) is 0 Å². The number of fused-ring (bicyclic) bond motifs is 2. The molecular weight excluding hydrogens is 359 g/mol. The second-order valence-corrected chi connectivity index (χ2v) is 6.26. The van der Waals surface area contributed by atoms with Gasteiger partial charge in [0.1, 0.15) is 11.8 Å². The van der Waals surface area contributed by atoms with Crippen LogP contribution < -0.4 is 5.73 Å². The van der Waals surface area contributed by atoms with Gasteiger partial charge in [-0.25, -0.2) is 9.97 Å². The summed E-state index contributed by atoms with van der Waals surface area (Å²) in [6, 6.07) is 9.19. The standard InChI is InChI=1S/C19H15FN8/c1-2-27-16-13(12-7-11-5-3-4-6-14(11)25-17(12)20)8-22-9-15(16)26-19(27)28-18(21)23-10-24-28/h3-10H,2H2,1H3,(H2,21,23,24). The number of hydrogen-bond donors (Lipinski definition) is 1. The van der Waals surface area contributed by atoms with E-state index in [4.69, 9.17) is 5.73 Å². The Morgan fingerprint density at radius 3 is 2.71 bits per heavy atom. The maximum absolute atomic E-state index is 14.9. The lowest BCUT2D eigenvalue weighted by molar-refractivity contribution is 0.592. The summed E-state index contributed by atoms with van der Waals surface area (Å²) in [5.41, 5.74) is 8.82. The molecule has 5 aromatic rings. The van der Waals surface area contributed by atoms with Gasteiger partial charge in [-0.05, 0) is 19.1 Å². The molecule has 5 rings (SSSR count). The number of benzene rings is 1. The number of imidazole rings is 1. The zero-order chi connectivity index (χ0) is 19.3. The SMILES string of the molecule is CCn1c(-n2ncnc2N)nc2cncc(-c3cc4ccccc4nc3F)c21. The third kappa shape index (κ3) is 2.33. The number of aromatic nitrogens is 7. The predicted octanol–water partition coefficient (Wildman–Crippen LogP) is 2.97. The molecule has 0 aliphatic heterocycles. The van der Waals surface area contributed by atoms with Crippen LogP contribution in [-0.2, 0) is 6.54 Å². The molecule has 9 heteroatoms. The van der Waals surface area contributed by atoms with Crippen molar-refractivity contribution >= 4 is 27.9 Å². The normalized spacial score (nSPS) is 11.5. The van der Waals surface area contributed by atoms with Crippen molar-refractivity contribution in [3.63, 3.8) is 0 Å². The summed E-state index contributed by atoms with van der Waals surface area (Å²) < 4.78 is 18.3. The van der Waals surface area contributed by atoms with Crippen LogP contribution in [0.15, 0.2) is 49.1 Å². The van der Waals surface area contributed by atoms with Crippen LogP contribution in [0.25, 0.3) is 39.0 Å². The van der Waals surface area contributed by atoms with Crippen molar-refractivity contribution in [3.8, 4) is 17.1 Å². The Morgan fingerprint density at radius 2 is 1.93 bits per heavy atom. The molecule has 0 radical (unpaired) electrons. The molecule has 0 fully saturated rings. The van der Waals surface area contributed by atoms with Crippen molar-refractivity contribution in [2.45, 2.75) is 13.5 Å². The lowest BCUT2D eigenvalue weighted by Crippen LogP contribution is -2.10. The number of hydrogen-bond acceptors (Lipinski definition) is 6. The zero-order valence-electron chi connectivity index (χ0n) is 14.9. The predicted molar refractivity (Wildman–Crippen MR) is 103 cm³/mol. The maximum Gasteiger partial charge on any atom is 0.235 e. The van der Waals surface area contributed by atoms with Crippen LogP contribution in [0, 0.1) is 5.95 Å². The Labute approximate surface area is 158 Å². The van der Waals surface area contributed by atoms with E-state index in [1.165, 1.54) is 11.0 Å². The van der Waals surface area contributed by atoms with E-state index in [1.54, 1.807) is 24.5 Å². The number of pyridine rings is 2. The van der Waals surface area contributed by atoms with Gasteiger partial charge >= 0.3 is 0 Å². The zero-order valence-corrected chi connectivity index (χ0v) is 14.9. The number of para-hydroxylation sites is 1. The Hall–Kier alpha value is -3.88. The number of aryl methyl sites for hydroxylation is 1. The first-order valence-electron chi connectivity index (χ1n) is 8.73. The molecule has 28 heavy (non-hydrogen) atoms. The first kappa shape index (κ1) is 16.3. The van der Waals surface area contributed by atoms with Gasteiger partial charge in [0.05, 0.1) is 17.2 Å². The van der Waals surface area contributed by atoms with Crippen molar-refractivity contribution < 1.29 is 4.39 Å². The smallest absolute Gasteiger partial charge is 0.235 e. The fourth-order valence-corrected chi connectivity index (χ4v) is 3.42. The van der Waals surface area contributed by atoms with Crippen LogP contribution in [0.3, 0.4) is 0 Å². The van der Waals surface area contributed by atoms with Gasteiger partial charge in [-0.3, -0.25) is 4.98 Å². The fourth-order valence-electron chi connectivity index (χ4n) is 3.42. The summed E-state index contributed by atoms with van der Waals surface area (Å²) in [4.78, 5) is 16.9. The lowest BCUT2D eigenvalue weighted by Gasteiger charge is -2.10. The molecule has 1 aromatic carbocycles. The summed E-state index contributed by atoms with van der Waals surface area (Å²) in [6.07, 6.45) is 4.62. The van der Waals surface area contributed by atoms with E-state index in [0.29, 0.717) is 34.7 Å². The fraction of sp³-hybridized carbons (Fsp3) is 0.105. The summed E-state index contributed by atoms with van der Waals surface area (Å²) in [7, 11) is 0. The number of halogens is 1. The van der Waals surface area contributed by atoms with E-state index < -0.39 is 5.95 Å². The number of nitrogens with two attached hydrogens (primary N) is 1. The van der Waals surface area contributed by atoms with Gasteiger partial charge in [0.2, 0.25) is 17.8 Å². The third-order valence-corrected chi connectivity index (χ3v) is 4.68. The molecule has 0 atom stereocenters. The van der Waals surface area contributed by atoms with E-state index in [1.807, 2.05) is 29.7 Å². The number of anilines is 1. The first-order valence-corrected chi connectivity index (χ1v) is 8.73. The van der Waals surface area contributed by atoms with E-state index in [2.05, 4.69) is 25.0 Å². The largest absolute Gasteiger partial charge is 0.368 e. The van der Waals surface area contributed by atoms with Crippen molar-refractivity contribution in [2.75, 3.05) is 5.73 Å². The van der Waals surface area contributed by atoms with Crippen molar-refractivity contribution in [1.82, 2.24) is 34.3 Å². The first-order chi connectivity index (χ1) is 13.7. The van der Waals surface area contributed by atoms with Crippen LogP contribution in [-0.4, -0.2) is 34.3 Å². The molecule has 2 N–H and O–H groups in total. The van der Waals surface area contributed by atoms with Crippen LogP contribution in [0.1, 0.15) is 6.92 Å². The molecule has 138 valence electrons. The highest BCUT2D eigenvalue weighted by atomic mass is 19.1. The topological polar surface area (TPSA) is 100 Å². The van der Waals surface area contributed by atoms with Gasteiger partial charge in [-0.15, -0.1) is 0 Å². The third-order valence-electron chi connectivity index (χ3n) is 4.68. The highest BCUT2D eigenvalue weighted by Gasteiger charge is 2.20. The average molecular weight is 374 g/mol. The van der Waals surface area contributed by atoms with Crippen LogP contribution in [0.4, 0.5) is 10.3 Å². The van der Waals surface area contributed by atoms with E-state index in [9.17, 15) is 4.39 Å². The van der Waals surface area contributed by atoms with Crippen LogP contribution in [0.2, 0.25) is 0 Å².